The van der Waals surface area contributed by atoms with Gasteiger partial charge in [-0.2, -0.15) is 5.10 Å². The first-order valence-corrected chi connectivity index (χ1v) is 7.19. The van der Waals surface area contributed by atoms with Gasteiger partial charge < -0.3 is 19.6 Å². The van der Waals surface area contributed by atoms with Crippen LogP contribution in [0.25, 0.3) is 0 Å². The highest BCUT2D eigenvalue weighted by atomic mass is 16.5. The average molecular weight is 331 g/mol. The van der Waals surface area contributed by atoms with E-state index in [0.717, 1.165) is 0 Å². The summed E-state index contributed by atoms with van der Waals surface area (Å²) in [7, 11) is 0. The number of rotatable bonds is 7. The van der Waals surface area contributed by atoms with E-state index in [9.17, 15) is 14.7 Å². The smallest absolute Gasteiger partial charge is 0.287 e. The highest BCUT2D eigenvalue weighted by molar-refractivity contribution is 5.94. The van der Waals surface area contributed by atoms with Crippen molar-refractivity contribution in [1.82, 2.24) is 10.7 Å². The summed E-state index contributed by atoms with van der Waals surface area (Å²) >= 11 is 0. The highest BCUT2D eigenvalue weighted by Gasteiger charge is 2.09. The molecule has 0 atom stereocenters. The van der Waals surface area contributed by atoms with E-state index < -0.39 is 11.8 Å². The number of nitrogens with one attached hydrogen (secondary N) is 2. The Labute approximate surface area is 138 Å². The Morgan fingerprint density at radius 2 is 2.21 bits per heavy atom. The second-order valence-electron chi connectivity index (χ2n) is 4.61. The molecule has 0 aliphatic heterocycles. The van der Waals surface area contributed by atoms with Gasteiger partial charge >= 0.3 is 0 Å². The van der Waals surface area contributed by atoms with E-state index in [0.29, 0.717) is 17.9 Å². The summed E-state index contributed by atoms with van der Waals surface area (Å²) in [6.45, 7) is 1.98. The van der Waals surface area contributed by atoms with E-state index in [2.05, 4.69) is 15.8 Å². The molecule has 1 aromatic carbocycles. The number of carbonyl (C=O) groups is 2. The number of carbonyl (C=O) groups excluding carboxylic acids is 2. The van der Waals surface area contributed by atoms with Crippen molar-refractivity contribution in [3.63, 3.8) is 0 Å². The number of benzene rings is 1. The number of ether oxygens (including phenoxy) is 1. The standard InChI is InChI=1S/C16H17N3O5/c1-2-23-14-8-11(5-6-12(14)20)9-18-19-15(21)10-17-16(22)13-4-3-7-24-13/h3-9,20H,2,10H2,1H3,(H,17,22)(H,19,21). The van der Waals surface area contributed by atoms with Crippen molar-refractivity contribution in [3.8, 4) is 11.5 Å². The zero-order valence-electron chi connectivity index (χ0n) is 13.0. The Morgan fingerprint density at radius 3 is 2.92 bits per heavy atom. The third-order valence-corrected chi connectivity index (χ3v) is 2.84. The Bertz CT molecular complexity index is 725. The largest absolute Gasteiger partial charge is 0.504 e. The molecule has 24 heavy (non-hydrogen) atoms. The molecule has 0 radical (unpaired) electrons. The van der Waals surface area contributed by atoms with Gasteiger partial charge in [-0.3, -0.25) is 9.59 Å². The lowest BCUT2D eigenvalue weighted by Crippen LogP contribution is -2.34. The van der Waals surface area contributed by atoms with Crippen LogP contribution >= 0.6 is 0 Å². The van der Waals surface area contributed by atoms with Crippen molar-refractivity contribution >= 4 is 18.0 Å². The van der Waals surface area contributed by atoms with Crippen LogP contribution in [-0.4, -0.2) is 36.3 Å². The lowest BCUT2D eigenvalue weighted by Gasteiger charge is -2.06. The molecule has 8 heteroatoms. The molecule has 0 saturated heterocycles. The molecule has 1 heterocycles. The van der Waals surface area contributed by atoms with Crippen LogP contribution in [0.2, 0.25) is 0 Å². The fourth-order valence-electron chi connectivity index (χ4n) is 1.76. The van der Waals surface area contributed by atoms with E-state index >= 15 is 0 Å². The molecule has 1 aromatic heterocycles. The quantitative estimate of drug-likeness (QED) is 0.522. The molecular weight excluding hydrogens is 314 g/mol. The summed E-state index contributed by atoms with van der Waals surface area (Å²) in [6, 6.07) is 7.75. The number of aromatic hydroxyl groups is 1. The summed E-state index contributed by atoms with van der Waals surface area (Å²) in [5, 5.41) is 15.8. The van der Waals surface area contributed by atoms with Crippen molar-refractivity contribution in [1.29, 1.82) is 0 Å². The summed E-state index contributed by atoms with van der Waals surface area (Å²) in [5.74, 6) is -0.495. The maximum atomic E-state index is 11.6. The van der Waals surface area contributed by atoms with Gasteiger partial charge in [-0.25, -0.2) is 5.43 Å². The number of phenols is 1. The molecule has 3 N–H and O–H groups in total. The van der Waals surface area contributed by atoms with Gasteiger partial charge in [0, 0.05) is 0 Å². The van der Waals surface area contributed by atoms with Gasteiger partial charge in [-0.1, -0.05) is 0 Å². The molecule has 2 amide bonds. The Morgan fingerprint density at radius 1 is 1.38 bits per heavy atom. The van der Waals surface area contributed by atoms with Gasteiger partial charge in [0.2, 0.25) is 0 Å². The van der Waals surface area contributed by atoms with Crippen LogP contribution in [0.3, 0.4) is 0 Å². The predicted octanol–water partition coefficient (Wildman–Crippen LogP) is 1.26. The van der Waals surface area contributed by atoms with Gasteiger partial charge in [0.05, 0.1) is 25.6 Å². The Hall–Kier alpha value is -3.29. The monoisotopic (exact) mass is 331 g/mol. The van der Waals surface area contributed by atoms with Crippen LogP contribution < -0.4 is 15.5 Å². The van der Waals surface area contributed by atoms with Gasteiger partial charge in [-0.15, -0.1) is 0 Å². The molecule has 8 nitrogen and oxygen atoms in total. The first-order chi connectivity index (χ1) is 11.6. The molecule has 126 valence electrons. The van der Waals surface area contributed by atoms with E-state index in [1.165, 1.54) is 24.6 Å². The molecule has 0 spiro atoms. The molecule has 2 rings (SSSR count). The summed E-state index contributed by atoms with van der Waals surface area (Å²) in [5.41, 5.74) is 2.92. The van der Waals surface area contributed by atoms with Crippen LogP contribution in [0.4, 0.5) is 0 Å². The van der Waals surface area contributed by atoms with Crippen LogP contribution in [0.5, 0.6) is 11.5 Å². The zero-order chi connectivity index (χ0) is 17.4. The predicted molar refractivity (Wildman–Crippen MR) is 86.1 cm³/mol. The van der Waals surface area contributed by atoms with Gasteiger partial charge in [0.25, 0.3) is 11.8 Å². The molecule has 0 aliphatic carbocycles. The number of furan rings is 1. The number of hydrogen-bond acceptors (Lipinski definition) is 6. The first kappa shape index (κ1) is 17.1. The van der Waals surface area contributed by atoms with Crippen molar-refractivity contribution in [2.75, 3.05) is 13.2 Å². The van der Waals surface area contributed by atoms with E-state index in [1.54, 1.807) is 25.1 Å². The van der Waals surface area contributed by atoms with Crippen molar-refractivity contribution in [3.05, 3.63) is 47.9 Å². The number of phenolic OH excluding ortho intramolecular Hbond substituents is 1. The van der Waals surface area contributed by atoms with Crippen LogP contribution in [0.1, 0.15) is 23.0 Å². The van der Waals surface area contributed by atoms with E-state index in [1.807, 2.05) is 0 Å². The lowest BCUT2D eigenvalue weighted by molar-refractivity contribution is -0.120. The number of amides is 2. The Kier molecular flexibility index (Phi) is 5.95. The third-order valence-electron chi connectivity index (χ3n) is 2.84. The van der Waals surface area contributed by atoms with Crippen molar-refractivity contribution < 1.29 is 23.8 Å². The first-order valence-electron chi connectivity index (χ1n) is 7.19. The number of hydrogen-bond donors (Lipinski definition) is 3. The molecule has 0 aliphatic rings. The topological polar surface area (TPSA) is 113 Å². The minimum absolute atomic E-state index is 0.0266. The molecular formula is C16H17N3O5. The molecule has 0 bridgehead atoms. The van der Waals surface area contributed by atoms with Crippen LogP contribution in [-0.2, 0) is 4.79 Å². The summed E-state index contributed by atoms with van der Waals surface area (Å²) in [4.78, 5) is 23.2. The fourth-order valence-corrected chi connectivity index (χ4v) is 1.76. The average Bonchev–Trinajstić information content (AvgIpc) is 3.10. The molecule has 0 saturated carbocycles. The van der Waals surface area contributed by atoms with Crippen LogP contribution in [0.15, 0.2) is 46.1 Å². The summed E-state index contributed by atoms with van der Waals surface area (Å²) < 4.78 is 10.2. The number of hydrazone groups is 1. The lowest BCUT2D eigenvalue weighted by atomic mass is 10.2. The van der Waals surface area contributed by atoms with E-state index in [4.69, 9.17) is 9.15 Å². The summed E-state index contributed by atoms with van der Waals surface area (Å²) in [6.07, 6.45) is 2.77. The minimum Gasteiger partial charge on any atom is -0.504 e. The van der Waals surface area contributed by atoms with Crippen LogP contribution in [0, 0.1) is 0 Å². The SMILES string of the molecule is CCOc1cc(C=NNC(=O)CNC(=O)c2ccco2)ccc1O. The second-order valence-corrected chi connectivity index (χ2v) is 4.61. The number of nitrogens with zero attached hydrogens (tertiary/aromatic N) is 1. The highest BCUT2D eigenvalue weighted by Crippen LogP contribution is 2.26. The zero-order valence-corrected chi connectivity index (χ0v) is 13.0. The molecule has 0 fully saturated rings. The van der Waals surface area contributed by atoms with Crippen molar-refractivity contribution in [2.45, 2.75) is 6.92 Å². The molecule has 0 unspecified atom stereocenters. The van der Waals surface area contributed by atoms with Gasteiger partial charge in [0.1, 0.15) is 0 Å². The normalized spacial score (nSPS) is 10.5. The third kappa shape index (κ3) is 4.87. The fraction of sp³-hybridized carbons (Fsp3) is 0.188. The second kappa shape index (κ2) is 8.37. The van der Waals surface area contributed by atoms with Gasteiger partial charge in [-0.05, 0) is 42.8 Å². The van der Waals surface area contributed by atoms with Crippen molar-refractivity contribution in [2.24, 2.45) is 5.10 Å². The Balaban J connectivity index is 1.82. The minimum atomic E-state index is -0.491. The maximum absolute atomic E-state index is 11.6. The maximum Gasteiger partial charge on any atom is 0.287 e. The van der Waals surface area contributed by atoms with E-state index in [-0.39, 0.29) is 18.1 Å². The molecule has 2 aromatic rings. The van der Waals surface area contributed by atoms with Gasteiger partial charge in [0.15, 0.2) is 17.3 Å².